The van der Waals surface area contributed by atoms with Gasteiger partial charge in [0, 0.05) is 0 Å². The Balaban J connectivity index is 2.92. The minimum absolute atomic E-state index is 0.303. The largest absolute Gasteiger partial charge is 0.373 e. The molecule has 17 heavy (non-hydrogen) atoms. The highest BCUT2D eigenvalue weighted by Crippen LogP contribution is 2.27. The predicted octanol–water partition coefficient (Wildman–Crippen LogP) is 1.74. The predicted molar refractivity (Wildman–Crippen MR) is 55.5 cm³/mol. The number of hydrogen-bond acceptors (Lipinski definition) is 4. The van der Waals surface area contributed by atoms with Gasteiger partial charge in [-0.2, -0.15) is 4.39 Å². The minimum Gasteiger partial charge on any atom is -0.373 e. The molecule has 1 aromatic rings. The molecule has 0 radical (unpaired) electrons. The topological polar surface area (TPSA) is 81.2 Å². The zero-order valence-corrected chi connectivity index (χ0v) is 8.62. The van der Waals surface area contributed by atoms with Crippen molar-refractivity contribution in [2.24, 2.45) is 5.73 Å². The average Bonchev–Trinajstić information content (AvgIpc) is 2.26. The maximum Gasteiger partial charge on any atom is 0.327 e. The first-order valence-electron chi connectivity index (χ1n) is 4.62. The van der Waals surface area contributed by atoms with Crippen molar-refractivity contribution in [3.63, 3.8) is 0 Å². The van der Waals surface area contributed by atoms with E-state index in [0.717, 1.165) is 12.1 Å². The molecule has 0 aromatic heterocycles. The van der Waals surface area contributed by atoms with Crippen molar-refractivity contribution in [1.82, 2.24) is 0 Å². The van der Waals surface area contributed by atoms with Gasteiger partial charge in [-0.15, -0.1) is 0 Å². The summed E-state index contributed by atoms with van der Waals surface area (Å²) in [4.78, 5) is 9.58. The molecule has 3 N–H and O–H groups in total. The highest BCUT2D eigenvalue weighted by atomic mass is 19.3. The highest BCUT2D eigenvalue weighted by molar-refractivity contribution is 5.62. The molecule has 0 bridgehead atoms. The molecule has 0 unspecified atom stereocenters. The third kappa shape index (κ3) is 3.31. The molecule has 0 aliphatic heterocycles. The van der Waals surface area contributed by atoms with Crippen molar-refractivity contribution in [2.45, 2.75) is 5.92 Å². The van der Waals surface area contributed by atoms with E-state index in [4.69, 9.17) is 5.73 Å². The van der Waals surface area contributed by atoms with Crippen molar-refractivity contribution in [1.29, 1.82) is 0 Å². The van der Waals surface area contributed by atoms with Gasteiger partial charge in [0.15, 0.2) is 0 Å². The number of nitrogens with zero attached hydrogens (tertiary/aromatic N) is 1. The molecule has 8 heteroatoms. The van der Waals surface area contributed by atoms with Crippen LogP contribution in [-0.2, 0) is 0 Å². The third-order valence-corrected chi connectivity index (χ3v) is 2.01. The zero-order valence-electron chi connectivity index (χ0n) is 8.62. The quantitative estimate of drug-likeness (QED) is 0.615. The van der Waals surface area contributed by atoms with Crippen LogP contribution < -0.4 is 11.1 Å². The van der Waals surface area contributed by atoms with Crippen LogP contribution in [0.15, 0.2) is 18.2 Å². The molecule has 0 saturated heterocycles. The maximum absolute atomic E-state index is 13.1. The maximum atomic E-state index is 13.1. The molecule has 0 aliphatic carbocycles. The lowest BCUT2D eigenvalue weighted by atomic mass is 10.2. The molecular weight excluding hydrogens is 239 g/mol. The van der Waals surface area contributed by atoms with Crippen LogP contribution in [0.1, 0.15) is 0 Å². The van der Waals surface area contributed by atoms with Crippen molar-refractivity contribution in [3.05, 3.63) is 34.1 Å². The van der Waals surface area contributed by atoms with E-state index in [1.807, 2.05) is 0 Å². The number of halogens is 3. The number of nitrogens with two attached hydrogens (primary N) is 1. The summed E-state index contributed by atoms with van der Waals surface area (Å²) in [5.41, 5.74) is 3.64. The van der Waals surface area contributed by atoms with Gasteiger partial charge in [0.1, 0.15) is 5.69 Å². The summed E-state index contributed by atoms with van der Waals surface area (Å²) >= 11 is 0. The molecule has 0 heterocycles. The summed E-state index contributed by atoms with van der Waals surface area (Å²) in [5.74, 6) is -4.30. The molecule has 0 atom stereocenters. The molecule has 0 saturated carbocycles. The van der Waals surface area contributed by atoms with E-state index >= 15 is 0 Å². The standard InChI is InChI=1S/C9H10F3N3O2/c10-6-2-1-3-7(8(6)15(16)17)14-5-9(11,12)4-13/h1-3,14H,4-5,13H2. The Morgan fingerprint density at radius 1 is 1.47 bits per heavy atom. The highest BCUT2D eigenvalue weighted by Gasteiger charge is 2.28. The van der Waals surface area contributed by atoms with E-state index in [0.29, 0.717) is 0 Å². The van der Waals surface area contributed by atoms with Crippen molar-refractivity contribution < 1.29 is 18.1 Å². The van der Waals surface area contributed by atoms with Gasteiger partial charge in [0.05, 0.1) is 18.0 Å². The fourth-order valence-electron chi connectivity index (χ4n) is 1.14. The van der Waals surface area contributed by atoms with Crippen molar-refractivity contribution in [3.8, 4) is 0 Å². The number of nitro benzene ring substituents is 1. The van der Waals surface area contributed by atoms with Crippen LogP contribution in [0.3, 0.4) is 0 Å². The molecule has 0 spiro atoms. The third-order valence-electron chi connectivity index (χ3n) is 2.01. The summed E-state index contributed by atoms with van der Waals surface area (Å²) in [7, 11) is 0. The van der Waals surface area contributed by atoms with Crippen molar-refractivity contribution in [2.75, 3.05) is 18.4 Å². The molecule has 94 valence electrons. The van der Waals surface area contributed by atoms with E-state index in [1.165, 1.54) is 6.07 Å². The van der Waals surface area contributed by atoms with Crippen LogP contribution in [0.5, 0.6) is 0 Å². The van der Waals surface area contributed by atoms with Gasteiger partial charge >= 0.3 is 5.69 Å². The number of anilines is 1. The van der Waals surface area contributed by atoms with Gasteiger partial charge in [0.2, 0.25) is 5.82 Å². The fraction of sp³-hybridized carbons (Fsp3) is 0.333. The molecule has 0 amide bonds. The molecule has 0 aliphatic rings. The smallest absolute Gasteiger partial charge is 0.327 e. The van der Waals surface area contributed by atoms with Crippen LogP contribution >= 0.6 is 0 Å². The summed E-state index contributed by atoms with van der Waals surface area (Å²) in [6.07, 6.45) is 0. The van der Waals surface area contributed by atoms with Crippen LogP contribution in [0.25, 0.3) is 0 Å². The Labute approximate surface area is 94.6 Å². The van der Waals surface area contributed by atoms with Crippen LogP contribution in [0.4, 0.5) is 24.5 Å². The molecule has 1 rings (SSSR count). The Bertz CT molecular complexity index is 426. The van der Waals surface area contributed by atoms with E-state index in [-0.39, 0.29) is 5.69 Å². The summed E-state index contributed by atoms with van der Waals surface area (Å²) in [6, 6.07) is 3.21. The lowest BCUT2D eigenvalue weighted by Gasteiger charge is -2.15. The van der Waals surface area contributed by atoms with Gasteiger partial charge in [-0.05, 0) is 12.1 Å². The first kappa shape index (κ1) is 13.2. The Morgan fingerprint density at radius 2 is 2.12 bits per heavy atom. The molecule has 5 nitrogen and oxygen atoms in total. The normalized spacial score (nSPS) is 11.3. The summed E-state index contributed by atoms with van der Waals surface area (Å²) in [6.45, 7) is -1.79. The van der Waals surface area contributed by atoms with Crippen LogP contribution in [0, 0.1) is 15.9 Å². The second kappa shape index (κ2) is 5.00. The van der Waals surface area contributed by atoms with Gasteiger partial charge in [-0.3, -0.25) is 10.1 Å². The number of nitro groups is 1. The lowest BCUT2D eigenvalue weighted by molar-refractivity contribution is -0.386. The Hall–Kier alpha value is -1.83. The second-order valence-corrected chi connectivity index (χ2v) is 3.31. The van der Waals surface area contributed by atoms with Crippen LogP contribution in [-0.4, -0.2) is 23.9 Å². The molecule has 0 fully saturated rings. The van der Waals surface area contributed by atoms with Crippen molar-refractivity contribution >= 4 is 11.4 Å². The number of para-hydroxylation sites is 1. The number of rotatable bonds is 5. The number of hydrogen-bond donors (Lipinski definition) is 2. The minimum atomic E-state index is -3.21. The fourth-order valence-corrected chi connectivity index (χ4v) is 1.14. The lowest BCUT2D eigenvalue weighted by Crippen LogP contribution is -2.35. The van der Waals surface area contributed by atoms with Gasteiger partial charge in [-0.1, -0.05) is 6.07 Å². The zero-order chi connectivity index (χ0) is 13.1. The Morgan fingerprint density at radius 3 is 2.65 bits per heavy atom. The van der Waals surface area contributed by atoms with Gasteiger partial charge in [-0.25, -0.2) is 8.78 Å². The van der Waals surface area contributed by atoms with E-state index in [1.54, 1.807) is 0 Å². The van der Waals surface area contributed by atoms with Crippen LogP contribution in [0.2, 0.25) is 0 Å². The monoisotopic (exact) mass is 249 g/mol. The second-order valence-electron chi connectivity index (χ2n) is 3.31. The first-order valence-corrected chi connectivity index (χ1v) is 4.62. The number of benzene rings is 1. The van der Waals surface area contributed by atoms with E-state index in [9.17, 15) is 23.3 Å². The van der Waals surface area contributed by atoms with Gasteiger partial charge in [0.25, 0.3) is 5.92 Å². The van der Waals surface area contributed by atoms with E-state index in [2.05, 4.69) is 5.32 Å². The SMILES string of the molecule is NCC(F)(F)CNc1cccc(F)c1[N+](=O)[O-]. The number of nitrogens with one attached hydrogen (secondary N) is 1. The summed E-state index contributed by atoms with van der Waals surface area (Å²) in [5, 5.41) is 12.7. The average molecular weight is 249 g/mol. The summed E-state index contributed by atoms with van der Waals surface area (Å²) < 4.78 is 38.8. The van der Waals surface area contributed by atoms with E-state index < -0.39 is 35.4 Å². The molecule has 1 aromatic carbocycles. The molecular formula is C9H10F3N3O2. The number of alkyl halides is 2. The first-order chi connectivity index (χ1) is 7.87. The van der Waals surface area contributed by atoms with Gasteiger partial charge < -0.3 is 11.1 Å². The Kier molecular flexibility index (Phi) is 3.89.